The van der Waals surface area contributed by atoms with Crippen molar-refractivity contribution in [3.63, 3.8) is 0 Å². The molecule has 0 aliphatic rings. The van der Waals surface area contributed by atoms with Gasteiger partial charge in [-0.1, -0.05) is 32.0 Å². The molecule has 2 aromatic heterocycles. The molecule has 1 amide bonds. The molecule has 0 radical (unpaired) electrons. The van der Waals surface area contributed by atoms with E-state index in [1.807, 2.05) is 38.1 Å². The molecule has 0 saturated carbocycles. The molecule has 1 N–H and O–H groups in total. The number of esters is 1. The molecule has 134 valence electrons. The van der Waals surface area contributed by atoms with Gasteiger partial charge < -0.3 is 10.1 Å². The van der Waals surface area contributed by atoms with Crippen LogP contribution in [0.1, 0.15) is 48.4 Å². The maximum Gasteiger partial charge on any atom is 0.339 e. The second-order valence-electron chi connectivity index (χ2n) is 6.17. The normalized spacial score (nSPS) is 10.9. The van der Waals surface area contributed by atoms with Crippen LogP contribution in [0.5, 0.6) is 0 Å². The molecular formula is C19H19N3O3S. The first-order chi connectivity index (χ1) is 12.4. The average Bonchev–Trinajstić information content (AvgIpc) is 3.05. The molecule has 0 fully saturated rings. The van der Waals surface area contributed by atoms with Crippen LogP contribution in [-0.2, 0) is 16.1 Å². The lowest BCUT2D eigenvalue weighted by molar-refractivity contribution is -0.114. The highest BCUT2D eigenvalue weighted by atomic mass is 32.1. The summed E-state index contributed by atoms with van der Waals surface area (Å²) in [6.45, 7) is 5.53. The number of anilines is 1. The maximum absolute atomic E-state index is 12.6. The maximum atomic E-state index is 12.6. The lowest BCUT2D eigenvalue weighted by Crippen LogP contribution is -2.09. The summed E-state index contributed by atoms with van der Waals surface area (Å²) in [7, 11) is 0. The van der Waals surface area contributed by atoms with Gasteiger partial charge in [-0.15, -0.1) is 11.3 Å². The SMILES string of the molecule is CC(=O)Nc1nc(COC(=O)c2cc(C(C)C)nc3ccccc23)cs1. The molecule has 0 aliphatic carbocycles. The molecule has 6 nitrogen and oxygen atoms in total. The Balaban J connectivity index is 1.81. The number of fused-ring (bicyclic) bond motifs is 1. The summed E-state index contributed by atoms with van der Waals surface area (Å²) in [4.78, 5) is 32.5. The second-order valence-corrected chi connectivity index (χ2v) is 7.03. The minimum Gasteiger partial charge on any atom is -0.456 e. The van der Waals surface area contributed by atoms with Gasteiger partial charge in [-0.05, 0) is 18.1 Å². The summed E-state index contributed by atoms with van der Waals surface area (Å²) in [5.41, 5.74) is 2.70. The van der Waals surface area contributed by atoms with E-state index < -0.39 is 5.97 Å². The summed E-state index contributed by atoms with van der Waals surface area (Å²) >= 11 is 1.29. The summed E-state index contributed by atoms with van der Waals surface area (Å²) in [5.74, 6) is -0.406. The molecular weight excluding hydrogens is 350 g/mol. The lowest BCUT2D eigenvalue weighted by atomic mass is 10.0. The van der Waals surface area contributed by atoms with Crippen LogP contribution in [0, 0.1) is 0 Å². The Labute approximate surface area is 155 Å². The van der Waals surface area contributed by atoms with Gasteiger partial charge in [-0.2, -0.15) is 0 Å². The quantitative estimate of drug-likeness (QED) is 0.684. The number of benzene rings is 1. The molecule has 7 heteroatoms. The van der Waals surface area contributed by atoms with Gasteiger partial charge in [0.15, 0.2) is 5.13 Å². The van der Waals surface area contributed by atoms with Crippen LogP contribution in [0.3, 0.4) is 0 Å². The number of ether oxygens (including phenoxy) is 1. The fourth-order valence-electron chi connectivity index (χ4n) is 2.46. The zero-order valence-electron chi connectivity index (χ0n) is 14.8. The van der Waals surface area contributed by atoms with E-state index in [-0.39, 0.29) is 18.4 Å². The van der Waals surface area contributed by atoms with Gasteiger partial charge >= 0.3 is 5.97 Å². The molecule has 0 spiro atoms. The molecule has 1 aromatic carbocycles. The molecule has 0 bridgehead atoms. The predicted octanol–water partition coefficient (Wildman–Crippen LogP) is 4.13. The summed E-state index contributed by atoms with van der Waals surface area (Å²) in [6.07, 6.45) is 0. The van der Waals surface area contributed by atoms with E-state index in [2.05, 4.69) is 15.3 Å². The van der Waals surface area contributed by atoms with Crippen LogP contribution in [0.25, 0.3) is 10.9 Å². The van der Waals surface area contributed by atoms with E-state index in [9.17, 15) is 9.59 Å². The van der Waals surface area contributed by atoms with Crippen LogP contribution in [0.15, 0.2) is 35.7 Å². The number of amides is 1. The van der Waals surface area contributed by atoms with Gasteiger partial charge in [0.05, 0.1) is 16.8 Å². The van der Waals surface area contributed by atoms with Crippen LogP contribution < -0.4 is 5.32 Å². The van der Waals surface area contributed by atoms with Crippen LogP contribution in [0.2, 0.25) is 0 Å². The van der Waals surface area contributed by atoms with Crippen molar-refractivity contribution in [3.05, 3.63) is 52.7 Å². The van der Waals surface area contributed by atoms with E-state index in [1.165, 1.54) is 18.3 Å². The van der Waals surface area contributed by atoms with Crippen molar-refractivity contribution >= 4 is 39.2 Å². The highest BCUT2D eigenvalue weighted by Gasteiger charge is 2.16. The number of hydrogen-bond donors (Lipinski definition) is 1. The highest BCUT2D eigenvalue weighted by Crippen LogP contribution is 2.24. The first-order valence-corrected chi connectivity index (χ1v) is 9.11. The molecule has 3 rings (SSSR count). The van der Waals surface area contributed by atoms with Crippen molar-refractivity contribution in [1.29, 1.82) is 0 Å². The standard InChI is InChI=1S/C19H19N3O3S/c1-11(2)17-8-15(14-6-4-5-7-16(14)22-17)18(24)25-9-13-10-26-19(21-13)20-12(3)23/h4-8,10-11H,9H2,1-3H3,(H,20,21,23). The van der Waals surface area contributed by atoms with Gasteiger partial charge in [0.2, 0.25) is 5.91 Å². The minimum atomic E-state index is -0.417. The number of nitrogens with zero attached hydrogens (tertiary/aromatic N) is 2. The van der Waals surface area contributed by atoms with Crippen molar-refractivity contribution in [2.45, 2.75) is 33.3 Å². The Kier molecular flexibility index (Phi) is 5.27. The fourth-order valence-corrected chi connectivity index (χ4v) is 3.20. The number of carbonyl (C=O) groups is 2. The first-order valence-electron chi connectivity index (χ1n) is 8.23. The van der Waals surface area contributed by atoms with Gasteiger partial charge in [0.25, 0.3) is 0 Å². The monoisotopic (exact) mass is 369 g/mol. The molecule has 0 saturated heterocycles. The minimum absolute atomic E-state index is 0.0442. The Hall–Kier alpha value is -2.80. The van der Waals surface area contributed by atoms with Gasteiger partial charge in [0, 0.05) is 23.4 Å². The van der Waals surface area contributed by atoms with Crippen molar-refractivity contribution in [3.8, 4) is 0 Å². The third-order valence-corrected chi connectivity index (χ3v) is 4.54. The highest BCUT2D eigenvalue weighted by molar-refractivity contribution is 7.13. The van der Waals surface area contributed by atoms with Gasteiger partial charge in [-0.25, -0.2) is 9.78 Å². The van der Waals surface area contributed by atoms with Gasteiger partial charge in [0.1, 0.15) is 6.61 Å². The Bertz CT molecular complexity index is 966. The summed E-state index contributed by atoms with van der Waals surface area (Å²) in [5, 5.41) is 5.61. The Morgan fingerprint density at radius 2 is 2.00 bits per heavy atom. The van der Waals surface area contributed by atoms with E-state index in [1.54, 1.807) is 11.4 Å². The molecule has 3 aromatic rings. The topological polar surface area (TPSA) is 81.2 Å². The average molecular weight is 369 g/mol. The number of pyridine rings is 1. The predicted molar refractivity (Wildman–Crippen MR) is 101 cm³/mol. The molecule has 26 heavy (non-hydrogen) atoms. The van der Waals surface area contributed by atoms with Gasteiger partial charge in [-0.3, -0.25) is 9.78 Å². The number of rotatable bonds is 5. The molecule has 0 unspecified atom stereocenters. The Morgan fingerprint density at radius 3 is 2.73 bits per heavy atom. The van der Waals surface area contributed by atoms with Crippen LogP contribution in [0.4, 0.5) is 5.13 Å². The van der Waals surface area contributed by atoms with E-state index in [4.69, 9.17) is 4.74 Å². The van der Waals surface area contributed by atoms with Crippen LogP contribution in [-0.4, -0.2) is 21.8 Å². The zero-order chi connectivity index (χ0) is 18.7. The molecule has 0 aliphatic heterocycles. The van der Waals surface area contributed by atoms with Crippen molar-refractivity contribution < 1.29 is 14.3 Å². The molecule has 0 atom stereocenters. The van der Waals surface area contributed by atoms with Crippen LogP contribution >= 0.6 is 11.3 Å². The lowest BCUT2D eigenvalue weighted by Gasteiger charge is -2.11. The number of aromatic nitrogens is 2. The third-order valence-electron chi connectivity index (χ3n) is 3.73. The smallest absolute Gasteiger partial charge is 0.339 e. The largest absolute Gasteiger partial charge is 0.456 e. The van der Waals surface area contributed by atoms with Crippen molar-refractivity contribution in [1.82, 2.24) is 9.97 Å². The zero-order valence-corrected chi connectivity index (χ0v) is 15.6. The number of para-hydroxylation sites is 1. The first kappa shape index (κ1) is 18.0. The number of hydrogen-bond acceptors (Lipinski definition) is 6. The number of nitrogens with one attached hydrogen (secondary N) is 1. The summed E-state index contributed by atoms with van der Waals surface area (Å²) < 4.78 is 5.44. The van der Waals surface area contributed by atoms with E-state index in [0.717, 1.165) is 16.6 Å². The molecule has 2 heterocycles. The number of carbonyl (C=O) groups excluding carboxylic acids is 2. The fraction of sp³-hybridized carbons (Fsp3) is 0.263. The second kappa shape index (κ2) is 7.61. The van der Waals surface area contributed by atoms with Crippen molar-refractivity contribution in [2.24, 2.45) is 0 Å². The number of thiazole rings is 1. The third kappa shape index (κ3) is 4.05. The van der Waals surface area contributed by atoms with E-state index in [0.29, 0.717) is 16.4 Å². The Morgan fingerprint density at radius 1 is 1.23 bits per heavy atom. The summed E-state index contributed by atoms with van der Waals surface area (Å²) in [6, 6.07) is 9.31. The van der Waals surface area contributed by atoms with Crippen molar-refractivity contribution in [2.75, 3.05) is 5.32 Å². The van der Waals surface area contributed by atoms with E-state index >= 15 is 0 Å².